The number of ketones is 1. The molecule has 0 atom stereocenters. The lowest BCUT2D eigenvalue weighted by Gasteiger charge is -1.96. The Morgan fingerprint density at radius 1 is 1.17 bits per heavy atom. The van der Waals surface area contributed by atoms with E-state index in [-0.39, 0.29) is 5.78 Å². The van der Waals surface area contributed by atoms with E-state index in [0.717, 1.165) is 16.1 Å². The second-order valence-electron chi connectivity index (χ2n) is 4.90. The SMILES string of the molecule is Nc1cccc(C=CC(=O)c2cnc(-c3ccc(Cl)cc3)s2)c1. The Morgan fingerprint density at radius 2 is 1.96 bits per heavy atom. The average Bonchev–Trinajstić information content (AvgIpc) is 3.03. The minimum absolute atomic E-state index is 0.0786. The van der Waals surface area contributed by atoms with Crippen LogP contribution in [-0.4, -0.2) is 10.8 Å². The summed E-state index contributed by atoms with van der Waals surface area (Å²) in [5.41, 5.74) is 8.22. The number of aromatic nitrogens is 1. The molecular weight excluding hydrogens is 328 g/mol. The Labute approximate surface area is 143 Å². The molecule has 0 fully saturated rings. The molecule has 3 aromatic rings. The van der Waals surface area contributed by atoms with E-state index >= 15 is 0 Å². The number of anilines is 1. The summed E-state index contributed by atoms with van der Waals surface area (Å²) in [5.74, 6) is -0.0786. The van der Waals surface area contributed by atoms with Gasteiger partial charge in [-0.3, -0.25) is 4.79 Å². The van der Waals surface area contributed by atoms with E-state index in [1.54, 1.807) is 30.5 Å². The Kier molecular flexibility index (Phi) is 4.55. The monoisotopic (exact) mass is 340 g/mol. The van der Waals surface area contributed by atoms with Gasteiger partial charge >= 0.3 is 0 Å². The van der Waals surface area contributed by atoms with Gasteiger partial charge in [0.2, 0.25) is 0 Å². The number of benzene rings is 2. The second kappa shape index (κ2) is 6.77. The van der Waals surface area contributed by atoms with Crippen LogP contribution in [0.1, 0.15) is 15.2 Å². The molecule has 0 spiro atoms. The highest BCUT2D eigenvalue weighted by atomic mass is 35.5. The third-order valence-corrected chi connectivity index (χ3v) is 4.49. The van der Waals surface area contributed by atoms with Gasteiger partial charge in [0.05, 0.1) is 4.88 Å². The molecule has 0 saturated heterocycles. The summed E-state index contributed by atoms with van der Waals surface area (Å²) in [5, 5.41) is 1.47. The van der Waals surface area contributed by atoms with Crippen LogP contribution >= 0.6 is 22.9 Å². The number of nitrogens with two attached hydrogens (primary N) is 1. The van der Waals surface area contributed by atoms with E-state index in [1.165, 1.54) is 17.4 Å². The van der Waals surface area contributed by atoms with Crippen molar-refractivity contribution in [3.05, 3.63) is 76.3 Å². The molecule has 0 aliphatic heterocycles. The average molecular weight is 341 g/mol. The molecule has 23 heavy (non-hydrogen) atoms. The quantitative estimate of drug-likeness (QED) is 0.415. The molecule has 5 heteroatoms. The summed E-state index contributed by atoms with van der Waals surface area (Å²) in [6.45, 7) is 0. The van der Waals surface area contributed by atoms with Crippen molar-refractivity contribution in [2.24, 2.45) is 0 Å². The van der Waals surface area contributed by atoms with Crippen molar-refractivity contribution in [1.29, 1.82) is 0 Å². The molecule has 3 nitrogen and oxygen atoms in total. The number of nitrogens with zero attached hydrogens (tertiary/aromatic N) is 1. The van der Waals surface area contributed by atoms with Crippen molar-refractivity contribution in [3.63, 3.8) is 0 Å². The number of carbonyl (C=O) groups is 1. The summed E-state index contributed by atoms with van der Waals surface area (Å²) in [7, 11) is 0. The van der Waals surface area contributed by atoms with E-state index in [9.17, 15) is 4.79 Å². The first-order valence-electron chi connectivity index (χ1n) is 6.91. The van der Waals surface area contributed by atoms with Crippen molar-refractivity contribution in [2.75, 3.05) is 5.73 Å². The van der Waals surface area contributed by atoms with Crippen molar-refractivity contribution in [1.82, 2.24) is 4.98 Å². The third-order valence-electron chi connectivity index (χ3n) is 3.18. The molecule has 0 unspecified atom stereocenters. The van der Waals surface area contributed by atoms with Gasteiger partial charge in [0.25, 0.3) is 0 Å². The van der Waals surface area contributed by atoms with Crippen LogP contribution in [0, 0.1) is 0 Å². The lowest BCUT2D eigenvalue weighted by molar-refractivity contribution is 0.105. The van der Waals surface area contributed by atoms with Crippen LogP contribution in [0.5, 0.6) is 0 Å². The van der Waals surface area contributed by atoms with Gasteiger partial charge in [-0.2, -0.15) is 0 Å². The van der Waals surface area contributed by atoms with Crippen LogP contribution in [0.2, 0.25) is 5.02 Å². The van der Waals surface area contributed by atoms with Crippen LogP contribution in [0.15, 0.2) is 60.8 Å². The molecule has 114 valence electrons. The molecule has 0 aliphatic carbocycles. The summed E-state index contributed by atoms with van der Waals surface area (Å²) in [6.07, 6.45) is 4.88. The van der Waals surface area contributed by atoms with Crippen LogP contribution in [-0.2, 0) is 0 Å². The number of halogens is 1. The van der Waals surface area contributed by atoms with Crippen LogP contribution in [0.3, 0.4) is 0 Å². The summed E-state index contributed by atoms with van der Waals surface area (Å²) in [6, 6.07) is 14.8. The molecule has 1 aromatic heterocycles. The number of rotatable bonds is 4. The third kappa shape index (κ3) is 3.86. The maximum atomic E-state index is 12.2. The van der Waals surface area contributed by atoms with E-state index in [4.69, 9.17) is 17.3 Å². The Hall–Kier alpha value is -2.43. The predicted octanol–water partition coefficient (Wildman–Crippen LogP) is 4.94. The number of hydrogen-bond acceptors (Lipinski definition) is 4. The standard InChI is InChI=1S/C18H13ClN2OS/c19-14-7-5-13(6-8-14)18-21-11-17(23-18)16(22)9-4-12-2-1-3-15(20)10-12/h1-11H,20H2. The van der Waals surface area contributed by atoms with Gasteiger partial charge in [-0.25, -0.2) is 4.98 Å². The van der Waals surface area contributed by atoms with E-state index < -0.39 is 0 Å². The fourth-order valence-corrected chi connectivity index (χ4v) is 3.00. The molecule has 2 aromatic carbocycles. The maximum absolute atomic E-state index is 12.2. The highest BCUT2D eigenvalue weighted by molar-refractivity contribution is 7.17. The molecule has 0 saturated carbocycles. The number of allylic oxidation sites excluding steroid dienone is 1. The lowest BCUT2D eigenvalue weighted by Crippen LogP contribution is -1.89. The molecule has 1 heterocycles. The summed E-state index contributed by atoms with van der Waals surface area (Å²) >= 11 is 7.23. The van der Waals surface area contributed by atoms with Crippen LogP contribution in [0.4, 0.5) is 5.69 Å². The zero-order valence-electron chi connectivity index (χ0n) is 12.1. The maximum Gasteiger partial charge on any atom is 0.197 e. The largest absolute Gasteiger partial charge is 0.399 e. The topological polar surface area (TPSA) is 56.0 Å². The number of carbonyl (C=O) groups excluding carboxylic acids is 1. The number of hydrogen-bond donors (Lipinski definition) is 1. The zero-order valence-corrected chi connectivity index (χ0v) is 13.6. The Morgan fingerprint density at radius 3 is 2.70 bits per heavy atom. The van der Waals surface area contributed by atoms with E-state index in [2.05, 4.69) is 4.98 Å². The Bertz CT molecular complexity index is 869. The summed E-state index contributed by atoms with van der Waals surface area (Å²) in [4.78, 5) is 17.1. The number of thiazole rings is 1. The second-order valence-corrected chi connectivity index (χ2v) is 6.37. The minimum atomic E-state index is -0.0786. The highest BCUT2D eigenvalue weighted by Gasteiger charge is 2.09. The molecule has 3 rings (SSSR count). The fraction of sp³-hybridized carbons (Fsp3) is 0. The van der Waals surface area contributed by atoms with Crippen molar-refractivity contribution >= 4 is 40.5 Å². The minimum Gasteiger partial charge on any atom is -0.399 e. The van der Waals surface area contributed by atoms with Crippen LogP contribution in [0.25, 0.3) is 16.6 Å². The molecule has 0 bridgehead atoms. The smallest absolute Gasteiger partial charge is 0.197 e. The lowest BCUT2D eigenvalue weighted by atomic mass is 10.1. The normalized spacial score (nSPS) is 11.0. The molecular formula is C18H13ClN2OS. The predicted molar refractivity (Wildman–Crippen MR) is 96.8 cm³/mol. The zero-order chi connectivity index (χ0) is 16.2. The molecule has 0 amide bonds. The molecule has 0 radical (unpaired) electrons. The fourth-order valence-electron chi connectivity index (χ4n) is 2.03. The molecule has 0 aliphatic rings. The highest BCUT2D eigenvalue weighted by Crippen LogP contribution is 2.26. The van der Waals surface area contributed by atoms with Crippen LogP contribution < -0.4 is 5.73 Å². The first kappa shape index (κ1) is 15.5. The van der Waals surface area contributed by atoms with E-state index in [1.807, 2.05) is 30.3 Å². The van der Waals surface area contributed by atoms with Crippen molar-refractivity contribution in [2.45, 2.75) is 0 Å². The van der Waals surface area contributed by atoms with Gasteiger partial charge in [0.15, 0.2) is 5.78 Å². The van der Waals surface area contributed by atoms with E-state index in [0.29, 0.717) is 15.6 Å². The van der Waals surface area contributed by atoms with Gasteiger partial charge in [-0.1, -0.05) is 41.9 Å². The van der Waals surface area contributed by atoms with Gasteiger partial charge in [0.1, 0.15) is 5.01 Å². The number of nitrogen functional groups attached to an aromatic ring is 1. The van der Waals surface area contributed by atoms with Crippen molar-refractivity contribution in [3.8, 4) is 10.6 Å². The summed E-state index contributed by atoms with van der Waals surface area (Å²) < 4.78 is 0. The van der Waals surface area contributed by atoms with Gasteiger partial charge in [-0.15, -0.1) is 11.3 Å². The first-order valence-corrected chi connectivity index (χ1v) is 8.11. The molecule has 2 N–H and O–H groups in total. The van der Waals surface area contributed by atoms with Gasteiger partial charge < -0.3 is 5.73 Å². The Balaban J connectivity index is 1.77. The first-order chi connectivity index (χ1) is 11.1. The van der Waals surface area contributed by atoms with Gasteiger partial charge in [-0.05, 0) is 35.9 Å². The van der Waals surface area contributed by atoms with Gasteiger partial charge in [0, 0.05) is 22.5 Å². The van der Waals surface area contributed by atoms with Crippen molar-refractivity contribution < 1.29 is 4.79 Å².